The van der Waals surface area contributed by atoms with Crippen LogP contribution >= 0.6 is 34.7 Å². The van der Waals surface area contributed by atoms with E-state index in [0.717, 1.165) is 27.4 Å². The van der Waals surface area contributed by atoms with Gasteiger partial charge in [0.15, 0.2) is 14.2 Å². The number of hydrogen-bond donors (Lipinski definition) is 0. The maximum Gasteiger partial charge on any atom is 0.233 e. The number of benzene rings is 1. The molecule has 1 saturated heterocycles. The summed E-state index contributed by atoms with van der Waals surface area (Å²) in [6.45, 7) is 2.68. The Kier molecular flexibility index (Phi) is 6.48. The van der Waals surface area contributed by atoms with Crippen LogP contribution in [0.3, 0.4) is 0 Å². The van der Waals surface area contributed by atoms with Crippen molar-refractivity contribution in [1.29, 1.82) is 0 Å². The molecule has 1 atom stereocenters. The van der Waals surface area contributed by atoms with Gasteiger partial charge in [-0.05, 0) is 31.0 Å². The summed E-state index contributed by atoms with van der Waals surface area (Å²) in [6, 6.07) is 5.39. The number of thiazole rings is 1. The number of sulfone groups is 1. The number of nitrogens with zero attached hydrogens (tertiary/aromatic N) is 2. The summed E-state index contributed by atoms with van der Waals surface area (Å²) in [5, 5.41) is 0.642. The topological polar surface area (TPSA) is 67.3 Å². The van der Waals surface area contributed by atoms with Crippen molar-refractivity contribution in [1.82, 2.24) is 9.88 Å². The zero-order chi connectivity index (χ0) is 18.7. The molecule has 0 aliphatic carbocycles. The van der Waals surface area contributed by atoms with Crippen molar-refractivity contribution in [2.45, 2.75) is 36.6 Å². The molecule has 1 aromatic carbocycles. The molecule has 26 heavy (non-hydrogen) atoms. The zero-order valence-corrected chi connectivity index (χ0v) is 17.7. The fraction of sp³-hybridized carbons (Fsp3) is 0.529. The minimum absolute atomic E-state index is 0.0113. The van der Waals surface area contributed by atoms with Gasteiger partial charge in [0.1, 0.15) is 0 Å². The number of thioether (sulfide) groups is 1. The van der Waals surface area contributed by atoms with Crippen molar-refractivity contribution in [3.8, 4) is 0 Å². The van der Waals surface area contributed by atoms with Crippen molar-refractivity contribution in [2.24, 2.45) is 0 Å². The van der Waals surface area contributed by atoms with E-state index in [-0.39, 0.29) is 29.2 Å². The van der Waals surface area contributed by atoms with Gasteiger partial charge in [0.05, 0.1) is 27.5 Å². The second-order valence-electron chi connectivity index (χ2n) is 6.38. The minimum Gasteiger partial charge on any atom is -0.338 e. The van der Waals surface area contributed by atoms with E-state index in [0.29, 0.717) is 18.0 Å². The first-order valence-corrected chi connectivity index (χ1v) is 12.6. The molecule has 3 rings (SSSR count). The van der Waals surface area contributed by atoms with E-state index in [1.165, 1.54) is 23.1 Å². The lowest BCUT2D eigenvalue weighted by molar-refractivity contribution is -0.130. The van der Waals surface area contributed by atoms with Gasteiger partial charge in [-0.1, -0.05) is 36.7 Å². The highest BCUT2D eigenvalue weighted by Gasteiger charge is 2.34. The molecule has 1 aromatic heterocycles. The lowest BCUT2D eigenvalue weighted by Gasteiger charge is -2.28. The Morgan fingerprint density at radius 2 is 2.27 bits per heavy atom. The van der Waals surface area contributed by atoms with Crippen LogP contribution in [0.4, 0.5) is 0 Å². The lowest BCUT2D eigenvalue weighted by Crippen LogP contribution is -2.42. The summed E-state index contributed by atoms with van der Waals surface area (Å²) in [6.07, 6.45) is 2.39. The molecule has 2 aromatic rings. The van der Waals surface area contributed by atoms with Gasteiger partial charge in [0, 0.05) is 17.6 Å². The molecule has 0 radical (unpaired) electrons. The molecule has 9 heteroatoms. The number of halogens is 1. The first-order valence-electron chi connectivity index (χ1n) is 8.57. The highest BCUT2D eigenvalue weighted by molar-refractivity contribution is 8.01. The Labute approximate surface area is 167 Å². The van der Waals surface area contributed by atoms with Crippen LogP contribution in [-0.2, 0) is 14.6 Å². The molecule has 5 nitrogen and oxygen atoms in total. The van der Waals surface area contributed by atoms with Crippen molar-refractivity contribution in [3.63, 3.8) is 0 Å². The zero-order valence-electron chi connectivity index (χ0n) is 14.5. The molecule has 0 saturated carbocycles. The summed E-state index contributed by atoms with van der Waals surface area (Å²) < 4.78 is 25.4. The van der Waals surface area contributed by atoms with Gasteiger partial charge < -0.3 is 4.90 Å². The molecular weight excluding hydrogens is 412 g/mol. The Morgan fingerprint density at radius 3 is 2.96 bits per heavy atom. The number of unbranched alkanes of at least 4 members (excludes halogenated alkanes) is 1. The predicted octanol–water partition coefficient (Wildman–Crippen LogP) is 3.86. The van der Waals surface area contributed by atoms with Gasteiger partial charge >= 0.3 is 0 Å². The van der Waals surface area contributed by atoms with Crippen LogP contribution in [0.1, 0.15) is 26.2 Å². The smallest absolute Gasteiger partial charge is 0.233 e. The monoisotopic (exact) mass is 432 g/mol. The molecule has 1 aliphatic heterocycles. The quantitative estimate of drug-likeness (QED) is 0.621. The normalized spacial score (nSPS) is 19.1. The van der Waals surface area contributed by atoms with Crippen LogP contribution in [0.5, 0.6) is 0 Å². The van der Waals surface area contributed by atoms with Crippen molar-refractivity contribution in [2.75, 3.05) is 23.8 Å². The van der Waals surface area contributed by atoms with E-state index >= 15 is 0 Å². The second kappa shape index (κ2) is 8.46. The molecule has 0 bridgehead atoms. The third kappa shape index (κ3) is 4.91. The van der Waals surface area contributed by atoms with Crippen molar-refractivity contribution < 1.29 is 13.2 Å². The van der Waals surface area contributed by atoms with Gasteiger partial charge in [-0.25, -0.2) is 13.4 Å². The van der Waals surface area contributed by atoms with E-state index in [4.69, 9.17) is 11.6 Å². The van der Waals surface area contributed by atoms with Gasteiger partial charge in [-0.15, -0.1) is 11.3 Å². The first kappa shape index (κ1) is 19.9. The van der Waals surface area contributed by atoms with Crippen LogP contribution < -0.4 is 0 Å². The lowest BCUT2D eigenvalue weighted by atomic mass is 10.2. The number of rotatable bonds is 7. The Bertz CT molecular complexity index is 898. The molecular formula is C17H21ClN2O3S3. The fourth-order valence-corrected chi connectivity index (χ4v) is 6.84. The second-order valence-corrected chi connectivity index (χ2v) is 11.3. The predicted molar refractivity (Wildman–Crippen MR) is 109 cm³/mol. The highest BCUT2D eigenvalue weighted by atomic mass is 35.5. The molecule has 0 spiro atoms. The van der Waals surface area contributed by atoms with Gasteiger partial charge in [-0.3, -0.25) is 4.79 Å². The molecule has 1 fully saturated rings. The number of fused-ring (bicyclic) bond motifs is 1. The van der Waals surface area contributed by atoms with Gasteiger partial charge in [-0.2, -0.15) is 0 Å². The number of aromatic nitrogens is 1. The molecule has 1 aliphatic rings. The molecule has 1 unspecified atom stereocenters. The van der Waals surface area contributed by atoms with E-state index in [2.05, 4.69) is 11.9 Å². The van der Waals surface area contributed by atoms with Gasteiger partial charge in [0.2, 0.25) is 5.91 Å². The molecule has 142 valence electrons. The Hall–Kier alpha value is -0.830. The van der Waals surface area contributed by atoms with Crippen LogP contribution in [0, 0.1) is 0 Å². The number of carbonyl (C=O) groups excluding carboxylic acids is 1. The fourth-order valence-electron chi connectivity index (χ4n) is 3.01. The largest absolute Gasteiger partial charge is 0.338 e. The van der Waals surface area contributed by atoms with E-state index < -0.39 is 9.84 Å². The summed E-state index contributed by atoms with van der Waals surface area (Å²) >= 11 is 8.93. The van der Waals surface area contributed by atoms with Crippen LogP contribution in [0.25, 0.3) is 10.2 Å². The molecule has 1 amide bonds. The molecule has 2 heterocycles. The van der Waals surface area contributed by atoms with Crippen molar-refractivity contribution in [3.05, 3.63) is 23.2 Å². The summed E-state index contributed by atoms with van der Waals surface area (Å²) in [7, 11) is -3.01. The summed E-state index contributed by atoms with van der Waals surface area (Å²) in [4.78, 5) is 19.0. The highest BCUT2D eigenvalue weighted by Crippen LogP contribution is 2.31. The number of hydrogen-bond acceptors (Lipinski definition) is 6. The van der Waals surface area contributed by atoms with Crippen LogP contribution in [0.15, 0.2) is 22.5 Å². The Balaban J connectivity index is 1.66. The first-order chi connectivity index (χ1) is 12.4. The summed E-state index contributed by atoms with van der Waals surface area (Å²) in [5.41, 5.74) is 0.835. The van der Waals surface area contributed by atoms with E-state index in [1.54, 1.807) is 4.90 Å². The molecule has 0 N–H and O–H groups in total. The average molecular weight is 433 g/mol. The van der Waals surface area contributed by atoms with Gasteiger partial charge in [0.25, 0.3) is 0 Å². The Morgan fingerprint density at radius 1 is 1.46 bits per heavy atom. The minimum atomic E-state index is -3.01. The maximum absolute atomic E-state index is 12.8. The summed E-state index contributed by atoms with van der Waals surface area (Å²) in [5.74, 6) is 0.530. The number of carbonyl (C=O) groups is 1. The average Bonchev–Trinajstić information content (AvgIpc) is 3.15. The van der Waals surface area contributed by atoms with Crippen LogP contribution in [0.2, 0.25) is 5.02 Å². The maximum atomic E-state index is 12.8. The van der Waals surface area contributed by atoms with Crippen molar-refractivity contribution >= 4 is 60.7 Å². The third-order valence-electron chi connectivity index (χ3n) is 4.37. The van der Waals surface area contributed by atoms with E-state index in [9.17, 15) is 13.2 Å². The SMILES string of the molecule is CCCCN(C(=O)CSc1nc2cc(Cl)ccc2s1)C1CCS(=O)(=O)C1. The number of amides is 1. The standard InChI is InChI=1S/C17H21ClN2O3S3/c1-2-3-7-20(13-6-8-26(22,23)11-13)16(21)10-24-17-19-14-9-12(18)4-5-15(14)25-17/h4-5,9,13H,2-3,6-8,10-11H2,1H3. The third-order valence-corrected chi connectivity index (χ3v) is 8.52. The van der Waals surface area contributed by atoms with E-state index in [1.807, 2.05) is 18.2 Å². The van der Waals surface area contributed by atoms with Crippen LogP contribution in [-0.4, -0.2) is 54.1 Å².